The minimum atomic E-state index is -0.210. The monoisotopic (exact) mass is 334 g/mol. The SMILES string of the molecule is COCc1cc(CN2CCC[C@H](OCc3ccccc3F)C2)no1. The van der Waals surface area contributed by atoms with Gasteiger partial charge in [0.1, 0.15) is 12.4 Å². The van der Waals surface area contributed by atoms with E-state index in [1.807, 2.05) is 12.1 Å². The van der Waals surface area contributed by atoms with Crippen LogP contribution in [0.1, 0.15) is 29.9 Å². The molecule has 0 N–H and O–H groups in total. The second-order valence-corrected chi connectivity index (χ2v) is 6.12. The summed E-state index contributed by atoms with van der Waals surface area (Å²) in [7, 11) is 1.63. The highest BCUT2D eigenvalue weighted by Crippen LogP contribution is 2.18. The lowest BCUT2D eigenvalue weighted by Gasteiger charge is -2.32. The molecule has 1 fully saturated rings. The number of aromatic nitrogens is 1. The smallest absolute Gasteiger partial charge is 0.162 e. The third-order valence-corrected chi connectivity index (χ3v) is 4.17. The zero-order valence-corrected chi connectivity index (χ0v) is 13.9. The summed E-state index contributed by atoms with van der Waals surface area (Å²) in [5.41, 5.74) is 1.51. The van der Waals surface area contributed by atoms with Crippen molar-refractivity contribution in [1.29, 1.82) is 0 Å². The van der Waals surface area contributed by atoms with Gasteiger partial charge >= 0.3 is 0 Å². The van der Waals surface area contributed by atoms with Crippen molar-refractivity contribution >= 4 is 0 Å². The van der Waals surface area contributed by atoms with E-state index in [2.05, 4.69) is 10.1 Å². The van der Waals surface area contributed by atoms with E-state index in [9.17, 15) is 4.39 Å². The van der Waals surface area contributed by atoms with Crippen LogP contribution in [0.25, 0.3) is 0 Å². The van der Waals surface area contributed by atoms with Gasteiger partial charge in [0.2, 0.25) is 0 Å². The molecule has 0 amide bonds. The molecule has 0 unspecified atom stereocenters. The van der Waals surface area contributed by atoms with Gasteiger partial charge in [-0.25, -0.2) is 4.39 Å². The molecule has 3 rings (SSSR count). The van der Waals surface area contributed by atoms with Crippen LogP contribution in [0.3, 0.4) is 0 Å². The molecule has 2 heterocycles. The van der Waals surface area contributed by atoms with Crippen molar-refractivity contribution in [2.75, 3.05) is 20.2 Å². The Morgan fingerprint density at radius 2 is 2.21 bits per heavy atom. The average molecular weight is 334 g/mol. The summed E-state index contributed by atoms with van der Waals surface area (Å²) >= 11 is 0. The minimum absolute atomic E-state index is 0.115. The van der Waals surface area contributed by atoms with Gasteiger partial charge in [-0.15, -0.1) is 0 Å². The number of halogens is 1. The summed E-state index contributed by atoms with van der Waals surface area (Å²) in [6.45, 7) is 3.30. The van der Waals surface area contributed by atoms with Crippen molar-refractivity contribution < 1.29 is 18.4 Å². The number of ether oxygens (including phenoxy) is 2. The highest BCUT2D eigenvalue weighted by Gasteiger charge is 2.22. The van der Waals surface area contributed by atoms with E-state index < -0.39 is 0 Å². The Morgan fingerprint density at radius 3 is 3.04 bits per heavy atom. The second kappa shape index (κ2) is 8.37. The Bertz CT molecular complexity index is 647. The van der Waals surface area contributed by atoms with Gasteiger partial charge in [0.15, 0.2) is 5.76 Å². The van der Waals surface area contributed by atoms with Crippen LogP contribution >= 0.6 is 0 Å². The molecule has 1 saturated heterocycles. The van der Waals surface area contributed by atoms with Gasteiger partial charge in [-0.05, 0) is 25.5 Å². The van der Waals surface area contributed by atoms with Gasteiger partial charge in [0.25, 0.3) is 0 Å². The lowest BCUT2D eigenvalue weighted by molar-refractivity contribution is -0.0134. The number of hydrogen-bond acceptors (Lipinski definition) is 5. The molecule has 0 bridgehead atoms. The van der Waals surface area contributed by atoms with Gasteiger partial charge < -0.3 is 14.0 Å². The maximum Gasteiger partial charge on any atom is 0.162 e. The maximum absolute atomic E-state index is 13.7. The van der Waals surface area contributed by atoms with Gasteiger partial charge in [-0.3, -0.25) is 4.90 Å². The molecule has 1 atom stereocenters. The maximum atomic E-state index is 13.7. The van der Waals surface area contributed by atoms with Crippen LogP contribution < -0.4 is 0 Å². The van der Waals surface area contributed by atoms with Crippen LogP contribution in [0, 0.1) is 5.82 Å². The van der Waals surface area contributed by atoms with E-state index in [4.69, 9.17) is 14.0 Å². The Hall–Kier alpha value is -1.76. The Labute approximate surface area is 141 Å². The summed E-state index contributed by atoms with van der Waals surface area (Å²) < 4.78 is 29.8. The topological polar surface area (TPSA) is 47.7 Å². The van der Waals surface area contributed by atoms with Crippen molar-refractivity contribution in [1.82, 2.24) is 10.1 Å². The van der Waals surface area contributed by atoms with Crippen LogP contribution in [0.5, 0.6) is 0 Å². The van der Waals surface area contributed by atoms with Gasteiger partial charge in [0, 0.05) is 31.8 Å². The predicted molar refractivity (Wildman–Crippen MR) is 86.7 cm³/mol. The first-order valence-corrected chi connectivity index (χ1v) is 8.25. The fraction of sp³-hybridized carbons (Fsp3) is 0.500. The number of hydrogen-bond donors (Lipinski definition) is 0. The molecule has 0 saturated carbocycles. The number of benzene rings is 1. The fourth-order valence-electron chi connectivity index (χ4n) is 2.99. The number of likely N-dealkylation sites (tertiary alicyclic amines) is 1. The van der Waals surface area contributed by atoms with Crippen molar-refractivity contribution in [3.8, 4) is 0 Å². The summed E-state index contributed by atoms with van der Waals surface area (Å²) in [5, 5.41) is 4.07. The highest BCUT2D eigenvalue weighted by molar-refractivity contribution is 5.16. The molecule has 1 aromatic heterocycles. The van der Waals surface area contributed by atoms with Gasteiger partial charge in [-0.1, -0.05) is 23.4 Å². The van der Waals surface area contributed by atoms with E-state index in [0.29, 0.717) is 18.8 Å². The quantitative estimate of drug-likeness (QED) is 0.778. The zero-order chi connectivity index (χ0) is 16.8. The van der Waals surface area contributed by atoms with Gasteiger partial charge in [0.05, 0.1) is 18.4 Å². The third kappa shape index (κ3) is 4.63. The number of piperidine rings is 1. The molecule has 0 spiro atoms. The molecule has 0 radical (unpaired) electrons. The molecule has 0 aliphatic carbocycles. The molecular weight excluding hydrogens is 311 g/mol. The summed E-state index contributed by atoms with van der Waals surface area (Å²) in [5.74, 6) is 0.523. The third-order valence-electron chi connectivity index (χ3n) is 4.17. The Kier molecular flexibility index (Phi) is 5.96. The minimum Gasteiger partial charge on any atom is -0.377 e. The van der Waals surface area contributed by atoms with Crippen molar-refractivity contribution in [2.45, 2.75) is 38.7 Å². The zero-order valence-electron chi connectivity index (χ0n) is 13.9. The largest absolute Gasteiger partial charge is 0.377 e. The van der Waals surface area contributed by atoms with Gasteiger partial charge in [-0.2, -0.15) is 0 Å². The first-order chi connectivity index (χ1) is 11.7. The molecule has 130 valence electrons. The average Bonchev–Trinajstić information content (AvgIpc) is 3.02. The van der Waals surface area contributed by atoms with Crippen LogP contribution in [0.4, 0.5) is 4.39 Å². The standard InChI is InChI=1S/C18H23FN2O3/c1-22-13-17-9-15(20-24-17)10-21-8-4-6-16(11-21)23-12-14-5-2-3-7-18(14)19/h2-3,5,7,9,16H,4,6,8,10-13H2,1H3/t16-/m0/s1. The fourth-order valence-corrected chi connectivity index (χ4v) is 2.99. The lowest BCUT2D eigenvalue weighted by Crippen LogP contribution is -2.39. The molecule has 5 nitrogen and oxygen atoms in total. The Balaban J connectivity index is 1.49. The molecule has 24 heavy (non-hydrogen) atoms. The second-order valence-electron chi connectivity index (χ2n) is 6.12. The van der Waals surface area contributed by atoms with Crippen LogP contribution in [-0.4, -0.2) is 36.4 Å². The molecule has 6 heteroatoms. The highest BCUT2D eigenvalue weighted by atomic mass is 19.1. The number of nitrogens with zero attached hydrogens (tertiary/aromatic N) is 2. The van der Waals surface area contributed by atoms with E-state index >= 15 is 0 Å². The normalized spacial score (nSPS) is 18.8. The molecule has 1 aliphatic rings. The Morgan fingerprint density at radius 1 is 1.33 bits per heavy atom. The van der Waals surface area contributed by atoms with Crippen LogP contribution in [0.15, 0.2) is 34.9 Å². The van der Waals surface area contributed by atoms with E-state index in [-0.39, 0.29) is 11.9 Å². The first kappa shape index (κ1) is 17.1. The summed E-state index contributed by atoms with van der Waals surface area (Å²) in [4.78, 5) is 2.30. The predicted octanol–water partition coefficient (Wildman–Crippen LogP) is 3.14. The van der Waals surface area contributed by atoms with Crippen molar-refractivity contribution in [2.24, 2.45) is 0 Å². The molecular formula is C18H23FN2O3. The van der Waals surface area contributed by atoms with Crippen LogP contribution in [-0.2, 0) is 29.2 Å². The lowest BCUT2D eigenvalue weighted by atomic mass is 10.1. The van der Waals surface area contributed by atoms with Crippen molar-refractivity contribution in [3.63, 3.8) is 0 Å². The van der Waals surface area contributed by atoms with Crippen molar-refractivity contribution in [3.05, 3.63) is 53.2 Å². The van der Waals surface area contributed by atoms with Crippen LogP contribution in [0.2, 0.25) is 0 Å². The molecule has 1 aliphatic heterocycles. The molecule has 1 aromatic carbocycles. The molecule has 2 aromatic rings. The summed E-state index contributed by atoms with van der Waals surface area (Å²) in [6.07, 6.45) is 2.17. The van der Waals surface area contributed by atoms with E-state index in [1.165, 1.54) is 6.07 Å². The number of methoxy groups -OCH3 is 1. The van der Waals surface area contributed by atoms with E-state index in [1.54, 1.807) is 19.2 Å². The van der Waals surface area contributed by atoms with E-state index in [0.717, 1.165) is 43.9 Å². The number of rotatable bonds is 7. The summed E-state index contributed by atoms with van der Waals surface area (Å²) in [6, 6.07) is 8.68. The first-order valence-electron chi connectivity index (χ1n) is 8.25.